The molecule has 8 heteroatoms. The molecule has 0 atom stereocenters. The number of rotatable bonds is 8. The van der Waals surface area contributed by atoms with Crippen LogP contribution in [0.1, 0.15) is 18.1 Å². The van der Waals surface area contributed by atoms with Gasteiger partial charge in [-0.25, -0.2) is 8.42 Å². The zero-order valence-electron chi connectivity index (χ0n) is 14.1. The van der Waals surface area contributed by atoms with Crippen LogP contribution in [0, 0.1) is 11.3 Å². The topological polar surface area (TPSA) is 105 Å². The molecule has 0 saturated carbocycles. The number of ether oxygens (including phenoxy) is 2. The Labute approximate surface area is 152 Å². The van der Waals surface area contributed by atoms with Crippen molar-refractivity contribution >= 4 is 16.0 Å². The molecule has 2 aromatic rings. The summed E-state index contributed by atoms with van der Waals surface area (Å²) in [7, 11) is -4.00. The molecule has 0 fully saturated rings. The van der Waals surface area contributed by atoms with E-state index in [9.17, 15) is 13.2 Å². The zero-order chi connectivity index (χ0) is 19.0. The first kappa shape index (κ1) is 19.4. The van der Waals surface area contributed by atoms with Gasteiger partial charge in [0.05, 0.1) is 17.1 Å². The van der Waals surface area contributed by atoms with Crippen LogP contribution in [0.25, 0.3) is 0 Å². The van der Waals surface area contributed by atoms with Crippen LogP contribution in [0.3, 0.4) is 0 Å². The number of esters is 1. The van der Waals surface area contributed by atoms with Crippen LogP contribution in [-0.4, -0.2) is 27.5 Å². The molecular weight excluding hydrogens is 356 g/mol. The second kappa shape index (κ2) is 8.99. The van der Waals surface area contributed by atoms with Gasteiger partial charge in [0.15, 0.2) is 0 Å². The lowest BCUT2D eigenvalue weighted by Gasteiger charge is -2.11. The highest BCUT2D eigenvalue weighted by Gasteiger charge is 2.19. The minimum atomic E-state index is -4.00. The Hall–Kier alpha value is -2.89. The smallest absolute Gasteiger partial charge is 0.321 e. The van der Waals surface area contributed by atoms with Crippen molar-refractivity contribution in [2.45, 2.75) is 18.4 Å². The summed E-state index contributed by atoms with van der Waals surface area (Å²) < 4.78 is 37.1. The highest BCUT2D eigenvalue weighted by molar-refractivity contribution is 7.89. The molecule has 0 saturated heterocycles. The summed E-state index contributed by atoms with van der Waals surface area (Å²) in [5, 5.41) is 8.99. The first-order valence-corrected chi connectivity index (χ1v) is 9.31. The molecule has 0 aliphatic rings. The molecule has 0 aliphatic heterocycles. The monoisotopic (exact) mass is 374 g/mol. The van der Waals surface area contributed by atoms with Crippen LogP contribution in [-0.2, 0) is 26.2 Å². The lowest BCUT2D eigenvalue weighted by atomic mass is 10.2. The normalized spacial score (nSPS) is 10.8. The Balaban J connectivity index is 1.96. The summed E-state index contributed by atoms with van der Waals surface area (Å²) in [5.74, 6) is -0.138. The quantitative estimate of drug-likeness (QED) is 0.708. The third-order valence-corrected chi connectivity index (χ3v) is 4.82. The molecule has 0 radical (unpaired) electrons. The van der Waals surface area contributed by atoms with Gasteiger partial charge in [0.1, 0.15) is 25.0 Å². The van der Waals surface area contributed by atoms with E-state index >= 15 is 0 Å². The van der Waals surface area contributed by atoms with Crippen LogP contribution in [0.15, 0.2) is 53.4 Å². The van der Waals surface area contributed by atoms with Crippen LogP contribution < -0.4 is 9.46 Å². The average molecular weight is 374 g/mol. The fourth-order valence-corrected chi connectivity index (χ4v) is 3.28. The van der Waals surface area contributed by atoms with E-state index < -0.39 is 22.5 Å². The summed E-state index contributed by atoms with van der Waals surface area (Å²) in [6.45, 7) is 1.74. The van der Waals surface area contributed by atoms with Crippen LogP contribution in [0.5, 0.6) is 5.75 Å². The van der Waals surface area contributed by atoms with E-state index in [1.165, 1.54) is 18.2 Å². The molecule has 2 rings (SSSR count). The maximum absolute atomic E-state index is 12.2. The molecule has 0 amide bonds. The van der Waals surface area contributed by atoms with Gasteiger partial charge in [0.2, 0.25) is 10.0 Å². The summed E-state index contributed by atoms with van der Waals surface area (Å²) in [6.07, 6.45) is 0. The third-order valence-electron chi connectivity index (χ3n) is 3.36. The number of hydrogen-bond acceptors (Lipinski definition) is 6. The molecule has 1 N–H and O–H groups in total. The standard InChI is InChI=1S/C18H18N2O5S/c1-2-24-16-9-5-3-8-15(16)13-25-18(21)12-20-26(22,23)17-10-6-4-7-14(17)11-19/h3-10,20H,2,12-13H2,1H3. The van der Waals surface area contributed by atoms with Crippen LogP contribution in [0.2, 0.25) is 0 Å². The van der Waals surface area contributed by atoms with Gasteiger partial charge in [-0.15, -0.1) is 0 Å². The molecule has 7 nitrogen and oxygen atoms in total. The molecule has 2 aromatic carbocycles. The van der Waals surface area contributed by atoms with Crippen molar-refractivity contribution in [2.75, 3.05) is 13.2 Å². The molecule has 0 unspecified atom stereocenters. The number of carbonyl (C=O) groups is 1. The van der Waals surface area contributed by atoms with E-state index in [-0.39, 0.29) is 17.1 Å². The number of nitrogens with zero attached hydrogens (tertiary/aromatic N) is 1. The maximum atomic E-state index is 12.2. The minimum absolute atomic E-state index is 0.000918. The molecule has 26 heavy (non-hydrogen) atoms. The predicted molar refractivity (Wildman–Crippen MR) is 93.8 cm³/mol. The van der Waals surface area contributed by atoms with E-state index in [4.69, 9.17) is 14.7 Å². The van der Waals surface area contributed by atoms with Gasteiger partial charge in [-0.3, -0.25) is 4.79 Å². The van der Waals surface area contributed by atoms with Gasteiger partial charge in [0, 0.05) is 5.56 Å². The predicted octanol–water partition coefficient (Wildman–Crippen LogP) is 1.98. The van der Waals surface area contributed by atoms with Crippen molar-refractivity contribution in [1.82, 2.24) is 4.72 Å². The third kappa shape index (κ3) is 5.05. The zero-order valence-corrected chi connectivity index (χ0v) is 15.0. The van der Waals surface area contributed by atoms with E-state index in [1.807, 2.05) is 6.92 Å². The van der Waals surface area contributed by atoms with Crippen molar-refractivity contribution in [1.29, 1.82) is 5.26 Å². The average Bonchev–Trinajstić information content (AvgIpc) is 2.66. The number of hydrogen-bond donors (Lipinski definition) is 1. The van der Waals surface area contributed by atoms with E-state index in [0.29, 0.717) is 17.9 Å². The molecule has 0 heterocycles. The Morgan fingerprint density at radius 1 is 1.15 bits per heavy atom. The summed E-state index contributed by atoms with van der Waals surface area (Å²) >= 11 is 0. The van der Waals surface area contributed by atoms with Crippen LogP contribution in [0.4, 0.5) is 0 Å². The van der Waals surface area contributed by atoms with Gasteiger partial charge in [-0.2, -0.15) is 9.98 Å². The number of nitriles is 1. The highest BCUT2D eigenvalue weighted by Crippen LogP contribution is 2.19. The molecule has 136 valence electrons. The molecular formula is C18H18N2O5S. The molecule has 0 bridgehead atoms. The number of para-hydroxylation sites is 1. The molecule has 0 spiro atoms. The molecule has 0 aliphatic carbocycles. The van der Waals surface area contributed by atoms with E-state index in [1.54, 1.807) is 36.4 Å². The minimum Gasteiger partial charge on any atom is -0.493 e. The van der Waals surface area contributed by atoms with Gasteiger partial charge in [0.25, 0.3) is 0 Å². The number of sulfonamides is 1. The fourth-order valence-electron chi connectivity index (χ4n) is 2.15. The van der Waals surface area contributed by atoms with Crippen molar-refractivity contribution in [3.8, 4) is 11.8 Å². The first-order valence-electron chi connectivity index (χ1n) is 7.83. The lowest BCUT2D eigenvalue weighted by Crippen LogP contribution is -2.31. The van der Waals surface area contributed by atoms with Crippen LogP contribution >= 0.6 is 0 Å². The molecule has 0 aromatic heterocycles. The summed E-state index contributed by atoms with van der Waals surface area (Å²) in [6, 6.07) is 14.6. The fraction of sp³-hybridized carbons (Fsp3) is 0.222. The number of carbonyl (C=O) groups excluding carboxylic acids is 1. The largest absolute Gasteiger partial charge is 0.493 e. The van der Waals surface area contributed by atoms with Gasteiger partial charge in [-0.05, 0) is 25.1 Å². The van der Waals surface area contributed by atoms with Gasteiger partial charge >= 0.3 is 5.97 Å². The number of nitrogens with one attached hydrogen (secondary N) is 1. The second-order valence-electron chi connectivity index (χ2n) is 5.13. The highest BCUT2D eigenvalue weighted by atomic mass is 32.2. The lowest BCUT2D eigenvalue weighted by molar-refractivity contribution is -0.143. The Kier molecular flexibility index (Phi) is 6.72. The van der Waals surface area contributed by atoms with Gasteiger partial charge in [-0.1, -0.05) is 30.3 Å². The Bertz CT molecular complexity index is 919. The van der Waals surface area contributed by atoms with Gasteiger partial charge < -0.3 is 9.47 Å². The Morgan fingerprint density at radius 2 is 1.85 bits per heavy atom. The van der Waals surface area contributed by atoms with E-state index in [0.717, 1.165) is 0 Å². The SMILES string of the molecule is CCOc1ccccc1COC(=O)CNS(=O)(=O)c1ccccc1C#N. The summed E-state index contributed by atoms with van der Waals surface area (Å²) in [4.78, 5) is 11.7. The van der Waals surface area contributed by atoms with Crippen molar-refractivity contribution in [3.63, 3.8) is 0 Å². The second-order valence-corrected chi connectivity index (χ2v) is 6.87. The Morgan fingerprint density at radius 3 is 2.58 bits per heavy atom. The van der Waals surface area contributed by atoms with E-state index in [2.05, 4.69) is 4.72 Å². The number of benzene rings is 2. The van der Waals surface area contributed by atoms with Crippen molar-refractivity contribution in [3.05, 3.63) is 59.7 Å². The summed E-state index contributed by atoms with van der Waals surface area (Å²) in [5.41, 5.74) is 0.680. The maximum Gasteiger partial charge on any atom is 0.321 e. The van der Waals surface area contributed by atoms with Crippen molar-refractivity contribution < 1.29 is 22.7 Å². The first-order chi connectivity index (χ1) is 12.5. The van der Waals surface area contributed by atoms with Crippen molar-refractivity contribution in [2.24, 2.45) is 0 Å².